The first-order valence-corrected chi connectivity index (χ1v) is 11.2. The summed E-state index contributed by atoms with van der Waals surface area (Å²) >= 11 is 6.11. The van der Waals surface area contributed by atoms with E-state index in [2.05, 4.69) is 15.0 Å². The molecule has 0 bridgehead atoms. The molecule has 0 atom stereocenters. The molecule has 4 aromatic rings. The van der Waals surface area contributed by atoms with Crippen LogP contribution < -0.4 is 4.74 Å². The second-order valence-electron chi connectivity index (χ2n) is 6.76. The number of fused-ring (bicyclic) bond motifs is 1. The fraction of sp³-hybridized carbons (Fsp3) is 0.0909. The predicted molar refractivity (Wildman–Crippen MR) is 116 cm³/mol. The molecule has 0 saturated carbocycles. The van der Waals surface area contributed by atoms with Crippen molar-refractivity contribution in [2.75, 3.05) is 7.11 Å². The summed E-state index contributed by atoms with van der Waals surface area (Å²) in [6.07, 6.45) is 3.38. The van der Waals surface area contributed by atoms with Gasteiger partial charge in [0.15, 0.2) is 15.7 Å². The Balaban J connectivity index is 1.80. The molecule has 160 valence electrons. The van der Waals surface area contributed by atoms with Crippen LogP contribution >= 0.6 is 11.6 Å². The maximum absolute atomic E-state index is 13.0. The minimum absolute atomic E-state index is 0.00292. The lowest BCUT2D eigenvalue weighted by atomic mass is 10.0. The Hall–Kier alpha value is -3.61. The van der Waals surface area contributed by atoms with Crippen LogP contribution in [0.25, 0.3) is 22.0 Å². The van der Waals surface area contributed by atoms with Crippen LogP contribution in [0.15, 0.2) is 59.9 Å². The molecule has 0 aliphatic rings. The first kappa shape index (κ1) is 21.6. The van der Waals surface area contributed by atoms with Gasteiger partial charge in [0.1, 0.15) is 23.4 Å². The Labute approximate surface area is 188 Å². The molecule has 10 heteroatoms. The monoisotopic (exact) mass is 468 g/mol. The molecule has 0 fully saturated rings. The quantitative estimate of drug-likeness (QED) is 0.429. The number of rotatable bonds is 5. The third-order valence-electron chi connectivity index (χ3n) is 4.75. The highest BCUT2D eigenvalue weighted by Crippen LogP contribution is 2.37. The smallest absolute Gasteiger partial charge is 0.185 e. The topological polar surface area (TPSA) is 106 Å². The summed E-state index contributed by atoms with van der Waals surface area (Å²) in [5.74, 6) is -0.683. The normalized spacial score (nSPS) is 11.3. The molecule has 32 heavy (non-hydrogen) atoms. The first-order chi connectivity index (χ1) is 15.3. The van der Waals surface area contributed by atoms with Crippen LogP contribution in [0.1, 0.15) is 11.4 Å². The average molecular weight is 469 g/mol. The van der Waals surface area contributed by atoms with Crippen LogP contribution in [0.5, 0.6) is 5.75 Å². The van der Waals surface area contributed by atoms with E-state index in [0.717, 1.165) is 12.4 Å². The van der Waals surface area contributed by atoms with Gasteiger partial charge in [0.05, 0.1) is 40.7 Å². The van der Waals surface area contributed by atoms with Crippen molar-refractivity contribution >= 4 is 32.2 Å². The zero-order valence-electron chi connectivity index (χ0n) is 16.6. The van der Waals surface area contributed by atoms with Crippen LogP contribution in [0.2, 0.25) is 5.02 Å². The SMILES string of the molecule is COc1cc(Cl)c(C#N)cc1-c1nccc2cc(S(=O)(=O)Cc3ncc(F)cn3)ccc12. The maximum Gasteiger partial charge on any atom is 0.185 e. The van der Waals surface area contributed by atoms with E-state index in [4.69, 9.17) is 16.3 Å². The second-order valence-corrected chi connectivity index (χ2v) is 9.16. The highest BCUT2D eigenvalue weighted by atomic mass is 35.5. The van der Waals surface area contributed by atoms with Gasteiger partial charge >= 0.3 is 0 Å². The van der Waals surface area contributed by atoms with Gasteiger partial charge in [0.2, 0.25) is 0 Å². The molecule has 0 spiro atoms. The third-order valence-corrected chi connectivity index (χ3v) is 6.68. The van der Waals surface area contributed by atoms with E-state index in [1.54, 1.807) is 18.2 Å². The summed E-state index contributed by atoms with van der Waals surface area (Å²) in [7, 11) is -2.30. The van der Waals surface area contributed by atoms with Crippen LogP contribution in [0.3, 0.4) is 0 Å². The van der Waals surface area contributed by atoms with Crippen molar-refractivity contribution in [3.05, 3.63) is 77.2 Å². The van der Waals surface area contributed by atoms with Gasteiger partial charge in [-0.25, -0.2) is 22.8 Å². The molecule has 4 rings (SSSR count). The van der Waals surface area contributed by atoms with Crippen LogP contribution in [0, 0.1) is 17.1 Å². The van der Waals surface area contributed by atoms with E-state index < -0.39 is 21.4 Å². The van der Waals surface area contributed by atoms with E-state index >= 15 is 0 Å². The minimum Gasteiger partial charge on any atom is -0.496 e. The molecule has 2 aromatic carbocycles. The van der Waals surface area contributed by atoms with Gasteiger partial charge in [-0.15, -0.1) is 0 Å². The number of halogens is 2. The zero-order valence-corrected chi connectivity index (χ0v) is 18.2. The summed E-state index contributed by atoms with van der Waals surface area (Å²) in [6, 6.07) is 11.4. The fourth-order valence-electron chi connectivity index (χ4n) is 3.23. The lowest BCUT2D eigenvalue weighted by Crippen LogP contribution is -2.08. The highest BCUT2D eigenvalue weighted by Gasteiger charge is 2.20. The number of aromatic nitrogens is 3. The molecular weight excluding hydrogens is 455 g/mol. The Morgan fingerprint density at radius 3 is 2.56 bits per heavy atom. The van der Waals surface area contributed by atoms with Crippen molar-refractivity contribution in [1.82, 2.24) is 15.0 Å². The summed E-state index contributed by atoms with van der Waals surface area (Å²) in [4.78, 5) is 11.9. The number of methoxy groups -OCH3 is 1. The highest BCUT2D eigenvalue weighted by molar-refractivity contribution is 7.90. The molecule has 0 N–H and O–H groups in total. The maximum atomic E-state index is 13.0. The molecule has 7 nitrogen and oxygen atoms in total. The number of pyridine rings is 1. The van der Waals surface area contributed by atoms with E-state index in [1.807, 2.05) is 6.07 Å². The molecule has 0 aliphatic heterocycles. The van der Waals surface area contributed by atoms with E-state index in [-0.39, 0.29) is 21.3 Å². The van der Waals surface area contributed by atoms with Crippen LogP contribution in [-0.2, 0) is 15.6 Å². The number of hydrogen-bond donors (Lipinski definition) is 0. The lowest BCUT2D eigenvalue weighted by Gasteiger charge is -2.12. The van der Waals surface area contributed by atoms with Crippen LogP contribution in [0.4, 0.5) is 4.39 Å². The van der Waals surface area contributed by atoms with Crippen molar-refractivity contribution in [3.63, 3.8) is 0 Å². The van der Waals surface area contributed by atoms with Crippen molar-refractivity contribution in [2.45, 2.75) is 10.6 Å². The molecule has 0 amide bonds. The minimum atomic E-state index is -3.78. The van der Waals surface area contributed by atoms with E-state index in [9.17, 15) is 18.1 Å². The van der Waals surface area contributed by atoms with E-state index in [0.29, 0.717) is 27.8 Å². The van der Waals surface area contributed by atoms with Gasteiger partial charge in [-0.3, -0.25) is 4.98 Å². The zero-order chi connectivity index (χ0) is 22.9. The number of ether oxygens (including phenoxy) is 1. The standard InChI is InChI=1S/C22H14ClFN4O3S/c1-31-20-8-19(23)14(9-25)7-18(20)22-17-3-2-16(6-13(17)4-5-26-22)32(29,30)12-21-27-10-15(24)11-28-21/h2-8,10-11H,12H2,1H3. The second kappa shape index (κ2) is 8.49. The summed E-state index contributed by atoms with van der Waals surface area (Å²) in [6.45, 7) is 0. The van der Waals surface area contributed by atoms with Crippen molar-refractivity contribution in [2.24, 2.45) is 0 Å². The first-order valence-electron chi connectivity index (χ1n) is 9.18. The lowest BCUT2D eigenvalue weighted by molar-refractivity contribution is 0.416. The number of sulfone groups is 1. The summed E-state index contributed by atoms with van der Waals surface area (Å²) in [5, 5.41) is 10.9. The Kier molecular flexibility index (Phi) is 5.74. The Morgan fingerprint density at radius 2 is 1.88 bits per heavy atom. The molecule has 0 unspecified atom stereocenters. The third kappa shape index (κ3) is 4.10. The number of nitriles is 1. The Bertz CT molecular complexity index is 1490. The molecule has 0 saturated heterocycles. The van der Waals surface area contributed by atoms with Gasteiger partial charge in [0.25, 0.3) is 0 Å². The molecule has 2 heterocycles. The van der Waals surface area contributed by atoms with Crippen molar-refractivity contribution in [1.29, 1.82) is 5.26 Å². The molecule has 0 aliphatic carbocycles. The fourth-order valence-corrected chi connectivity index (χ4v) is 4.66. The number of hydrogen-bond acceptors (Lipinski definition) is 7. The largest absolute Gasteiger partial charge is 0.496 e. The summed E-state index contributed by atoms with van der Waals surface area (Å²) < 4.78 is 44.1. The van der Waals surface area contributed by atoms with Gasteiger partial charge < -0.3 is 4.74 Å². The van der Waals surface area contributed by atoms with Crippen LogP contribution in [-0.4, -0.2) is 30.5 Å². The molecule has 0 radical (unpaired) electrons. The molecule has 2 aromatic heterocycles. The Morgan fingerprint density at radius 1 is 1.12 bits per heavy atom. The molecular formula is C22H14ClFN4O3S. The predicted octanol–water partition coefficient (Wildman–Crippen LogP) is 4.34. The number of nitrogens with zero attached hydrogens (tertiary/aromatic N) is 4. The van der Waals surface area contributed by atoms with Gasteiger partial charge in [0, 0.05) is 23.2 Å². The van der Waals surface area contributed by atoms with E-state index in [1.165, 1.54) is 31.5 Å². The van der Waals surface area contributed by atoms with Crippen molar-refractivity contribution in [3.8, 4) is 23.1 Å². The van der Waals surface area contributed by atoms with Gasteiger partial charge in [-0.2, -0.15) is 5.26 Å². The van der Waals surface area contributed by atoms with Gasteiger partial charge in [-0.05, 0) is 29.7 Å². The number of benzene rings is 2. The summed E-state index contributed by atoms with van der Waals surface area (Å²) in [5.41, 5.74) is 1.33. The van der Waals surface area contributed by atoms with Gasteiger partial charge in [-0.1, -0.05) is 17.7 Å². The average Bonchev–Trinajstić information content (AvgIpc) is 2.79. The van der Waals surface area contributed by atoms with Crippen molar-refractivity contribution < 1.29 is 17.5 Å².